The van der Waals surface area contributed by atoms with Gasteiger partial charge in [0.2, 0.25) is 0 Å². The Bertz CT molecular complexity index is 419. The summed E-state index contributed by atoms with van der Waals surface area (Å²) in [5.74, 6) is 0. The molecule has 0 aromatic carbocycles. The maximum Gasteiger partial charge on any atom is 0.317 e. The molecule has 1 atom stereocenters. The van der Waals surface area contributed by atoms with Gasteiger partial charge in [-0.3, -0.25) is 4.90 Å². The molecular formula is C15H25N3OS. The van der Waals surface area contributed by atoms with Gasteiger partial charge in [0.1, 0.15) is 0 Å². The zero-order valence-electron chi connectivity index (χ0n) is 12.6. The molecule has 112 valence electrons. The predicted molar refractivity (Wildman–Crippen MR) is 84.0 cm³/mol. The highest BCUT2D eigenvalue weighted by molar-refractivity contribution is 7.09. The van der Waals surface area contributed by atoms with Gasteiger partial charge in [-0.1, -0.05) is 6.07 Å². The molecule has 4 nitrogen and oxygen atoms in total. The smallest absolute Gasteiger partial charge is 0.317 e. The van der Waals surface area contributed by atoms with Crippen molar-refractivity contribution in [2.45, 2.75) is 45.8 Å². The van der Waals surface area contributed by atoms with Gasteiger partial charge in [0.25, 0.3) is 0 Å². The molecule has 0 bridgehead atoms. The first-order valence-corrected chi connectivity index (χ1v) is 8.30. The number of amides is 2. The molecular weight excluding hydrogens is 270 g/mol. The molecule has 1 aromatic rings. The maximum absolute atomic E-state index is 12.3. The van der Waals surface area contributed by atoms with Crippen molar-refractivity contribution in [1.29, 1.82) is 0 Å². The van der Waals surface area contributed by atoms with Gasteiger partial charge in [-0.2, -0.15) is 0 Å². The summed E-state index contributed by atoms with van der Waals surface area (Å²) in [7, 11) is 0. The van der Waals surface area contributed by atoms with E-state index in [1.165, 1.54) is 4.88 Å². The van der Waals surface area contributed by atoms with Gasteiger partial charge in [-0.15, -0.1) is 11.3 Å². The molecule has 1 fully saturated rings. The number of hydrogen-bond acceptors (Lipinski definition) is 3. The highest BCUT2D eigenvalue weighted by atomic mass is 32.1. The molecule has 1 aromatic heterocycles. The van der Waals surface area contributed by atoms with Gasteiger partial charge in [0.05, 0.1) is 6.54 Å². The van der Waals surface area contributed by atoms with Crippen LogP contribution >= 0.6 is 11.3 Å². The Morgan fingerprint density at radius 2 is 2.40 bits per heavy atom. The topological polar surface area (TPSA) is 35.6 Å². The average Bonchev–Trinajstić information content (AvgIpc) is 3.06. The maximum atomic E-state index is 12.3. The Kier molecular flexibility index (Phi) is 5.43. The van der Waals surface area contributed by atoms with Crippen LogP contribution in [0.4, 0.5) is 4.79 Å². The lowest BCUT2D eigenvalue weighted by Crippen LogP contribution is -2.45. The zero-order chi connectivity index (χ0) is 14.5. The number of nitrogens with one attached hydrogen (secondary N) is 1. The van der Waals surface area contributed by atoms with Crippen LogP contribution in [0.3, 0.4) is 0 Å². The Balaban J connectivity index is 1.84. The van der Waals surface area contributed by atoms with Gasteiger partial charge < -0.3 is 10.2 Å². The Morgan fingerprint density at radius 1 is 1.60 bits per heavy atom. The first kappa shape index (κ1) is 15.3. The molecule has 2 heterocycles. The number of nitrogens with zero attached hydrogens (tertiary/aromatic N) is 2. The van der Waals surface area contributed by atoms with Crippen LogP contribution in [0.25, 0.3) is 0 Å². The second-order valence-corrected chi connectivity index (χ2v) is 6.65. The van der Waals surface area contributed by atoms with E-state index in [-0.39, 0.29) is 6.03 Å². The predicted octanol–water partition coefficient (Wildman–Crippen LogP) is 2.76. The second kappa shape index (κ2) is 7.09. The van der Waals surface area contributed by atoms with E-state index >= 15 is 0 Å². The summed E-state index contributed by atoms with van der Waals surface area (Å²) in [6.07, 6.45) is 1.06. The number of carbonyl (C=O) groups is 1. The summed E-state index contributed by atoms with van der Waals surface area (Å²) in [6, 6.07) is 5.03. The fourth-order valence-corrected chi connectivity index (χ4v) is 3.28. The molecule has 20 heavy (non-hydrogen) atoms. The van der Waals surface area contributed by atoms with E-state index in [0.717, 1.165) is 26.1 Å². The van der Waals surface area contributed by atoms with Crippen LogP contribution in [0, 0.1) is 0 Å². The highest BCUT2D eigenvalue weighted by Crippen LogP contribution is 2.14. The van der Waals surface area contributed by atoms with E-state index in [1.54, 1.807) is 11.3 Å². The molecule has 1 aliphatic heterocycles. The number of rotatable bonds is 5. The summed E-state index contributed by atoms with van der Waals surface area (Å²) in [5, 5.41) is 5.23. The lowest BCUT2D eigenvalue weighted by molar-refractivity contribution is 0.193. The zero-order valence-corrected chi connectivity index (χ0v) is 13.4. The van der Waals surface area contributed by atoms with Crippen molar-refractivity contribution in [2.24, 2.45) is 0 Å². The summed E-state index contributed by atoms with van der Waals surface area (Å²) in [6.45, 7) is 9.95. The molecule has 5 heteroatoms. The number of thiophene rings is 1. The van der Waals surface area contributed by atoms with E-state index in [1.807, 2.05) is 17.9 Å². The minimum absolute atomic E-state index is 0.0662. The normalized spacial score (nSPS) is 19.5. The first-order valence-electron chi connectivity index (χ1n) is 7.42. The third-order valence-electron chi connectivity index (χ3n) is 3.87. The standard InChI is InChI=1S/C15H25N3OS/c1-4-17(11-14-6-5-9-20-14)15(19)16-13-7-8-18(10-13)12(2)3/h5-6,9,12-13H,4,7-8,10-11H2,1-3H3,(H,16,19). The Labute approximate surface area is 125 Å². The fourth-order valence-electron chi connectivity index (χ4n) is 2.56. The largest absolute Gasteiger partial charge is 0.334 e. The Hall–Kier alpha value is -1.07. The van der Waals surface area contributed by atoms with Crippen molar-refractivity contribution in [1.82, 2.24) is 15.1 Å². The van der Waals surface area contributed by atoms with Gasteiger partial charge in [0.15, 0.2) is 0 Å². The van der Waals surface area contributed by atoms with Crippen molar-refractivity contribution >= 4 is 17.4 Å². The number of carbonyl (C=O) groups excluding carboxylic acids is 1. The second-order valence-electron chi connectivity index (χ2n) is 5.62. The van der Waals surface area contributed by atoms with Crippen LogP contribution in [-0.2, 0) is 6.54 Å². The summed E-state index contributed by atoms with van der Waals surface area (Å²) in [4.78, 5) is 17.9. The minimum atomic E-state index is 0.0662. The molecule has 2 amide bonds. The molecule has 2 rings (SSSR count). The van der Waals surface area contributed by atoms with E-state index in [0.29, 0.717) is 18.6 Å². The Morgan fingerprint density at radius 3 is 2.95 bits per heavy atom. The molecule has 1 unspecified atom stereocenters. The molecule has 0 spiro atoms. The van der Waals surface area contributed by atoms with Crippen molar-refractivity contribution in [3.8, 4) is 0 Å². The lowest BCUT2D eigenvalue weighted by Gasteiger charge is -2.24. The van der Waals surface area contributed by atoms with Crippen molar-refractivity contribution < 1.29 is 4.79 Å². The highest BCUT2D eigenvalue weighted by Gasteiger charge is 2.26. The van der Waals surface area contributed by atoms with Gasteiger partial charge in [-0.05, 0) is 38.6 Å². The average molecular weight is 295 g/mol. The SMILES string of the molecule is CCN(Cc1cccs1)C(=O)NC1CCN(C(C)C)C1. The number of likely N-dealkylation sites (tertiary alicyclic amines) is 1. The quantitative estimate of drug-likeness (QED) is 0.906. The molecule has 1 saturated heterocycles. The van der Waals surface area contributed by atoms with Gasteiger partial charge in [0, 0.05) is 36.6 Å². The molecule has 0 radical (unpaired) electrons. The number of urea groups is 1. The summed E-state index contributed by atoms with van der Waals surface area (Å²) >= 11 is 1.70. The minimum Gasteiger partial charge on any atom is -0.334 e. The van der Waals surface area contributed by atoms with Crippen LogP contribution in [0.1, 0.15) is 32.1 Å². The van der Waals surface area contributed by atoms with E-state index in [4.69, 9.17) is 0 Å². The van der Waals surface area contributed by atoms with Crippen LogP contribution in [0.15, 0.2) is 17.5 Å². The number of hydrogen-bond donors (Lipinski definition) is 1. The lowest BCUT2D eigenvalue weighted by atomic mass is 10.2. The first-order chi connectivity index (χ1) is 9.60. The van der Waals surface area contributed by atoms with Crippen LogP contribution in [0.5, 0.6) is 0 Å². The van der Waals surface area contributed by atoms with Gasteiger partial charge >= 0.3 is 6.03 Å². The third-order valence-corrected chi connectivity index (χ3v) is 4.73. The molecule has 1 aliphatic rings. The van der Waals surface area contributed by atoms with Crippen LogP contribution in [-0.4, -0.2) is 47.5 Å². The van der Waals surface area contributed by atoms with Crippen molar-refractivity contribution in [3.63, 3.8) is 0 Å². The van der Waals surface area contributed by atoms with E-state index in [2.05, 4.69) is 35.5 Å². The van der Waals surface area contributed by atoms with E-state index in [9.17, 15) is 4.79 Å². The molecule has 1 N–H and O–H groups in total. The van der Waals surface area contributed by atoms with Crippen LogP contribution < -0.4 is 5.32 Å². The van der Waals surface area contributed by atoms with Gasteiger partial charge in [-0.25, -0.2) is 4.79 Å². The van der Waals surface area contributed by atoms with Crippen molar-refractivity contribution in [3.05, 3.63) is 22.4 Å². The summed E-state index contributed by atoms with van der Waals surface area (Å²) < 4.78 is 0. The van der Waals surface area contributed by atoms with Crippen molar-refractivity contribution in [2.75, 3.05) is 19.6 Å². The fraction of sp³-hybridized carbons (Fsp3) is 0.667. The van der Waals surface area contributed by atoms with E-state index < -0.39 is 0 Å². The molecule has 0 saturated carbocycles. The van der Waals surface area contributed by atoms with Crippen LogP contribution in [0.2, 0.25) is 0 Å². The monoisotopic (exact) mass is 295 g/mol. The third kappa shape index (κ3) is 3.96. The molecule has 0 aliphatic carbocycles. The summed E-state index contributed by atoms with van der Waals surface area (Å²) in [5.41, 5.74) is 0.